The molecule has 5 nitrogen and oxygen atoms in total. The molecule has 3 rings (SSSR count). The minimum atomic E-state index is -0.482. The molecule has 0 saturated heterocycles. The van der Waals surface area contributed by atoms with Crippen LogP contribution in [0.5, 0.6) is 11.6 Å². The van der Waals surface area contributed by atoms with E-state index in [-0.39, 0.29) is 42.6 Å². The lowest BCUT2D eigenvalue weighted by molar-refractivity contribution is 0.261. The predicted molar refractivity (Wildman–Crippen MR) is 100 cm³/mol. The molecule has 1 heterocycles. The fraction of sp³-hybridized carbons (Fsp3) is 0.190. The molecule has 0 spiro atoms. The Bertz CT molecular complexity index is 999. The zero-order valence-corrected chi connectivity index (χ0v) is 14.9. The summed E-state index contributed by atoms with van der Waals surface area (Å²) >= 11 is 0. The number of aliphatic hydroxyl groups excluding tert-OH is 1. The quantitative estimate of drug-likeness (QED) is 0.700. The SMILES string of the molecule is Cc1c(O)n(CCO)c(-c2cccc(F)c2)c(OCc2ccccc2)c1=O. The highest BCUT2D eigenvalue weighted by molar-refractivity contribution is 5.69. The number of rotatable bonds is 6. The number of ether oxygens (including phenoxy) is 1. The minimum absolute atomic E-state index is 0.00760. The fourth-order valence-corrected chi connectivity index (χ4v) is 2.91. The van der Waals surface area contributed by atoms with Crippen molar-refractivity contribution >= 4 is 0 Å². The predicted octanol–water partition coefficient (Wildman–Crippen LogP) is 3.24. The summed E-state index contributed by atoms with van der Waals surface area (Å²) in [6.07, 6.45) is 0. The largest absolute Gasteiger partial charge is 0.494 e. The van der Waals surface area contributed by atoms with Crippen molar-refractivity contribution < 1.29 is 19.3 Å². The third-order valence-corrected chi connectivity index (χ3v) is 4.27. The summed E-state index contributed by atoms with van der Waals surface area (Å²) < 4.78 is 21.0. The number of nitrogens with zero attached hydrogens (tertiary/aromatic N) is 1. The topological polar surface area (TPSA) is 71.7 Å². The fourth-order valence-electron chi connectivity index (χ4n) is 2.91. The van der Waals surface area contributed by atoms with E-state index in [0.29, 0.717) is 5.56 Å². The molecule has 6 heteroatoms. The van der Waals surface area contributed by atoms with Gasteiger partial charge in [0.2, 0.25) is 5.43 Å². The maximum absolute atomic E-state index is 13.8. The molecule has 2 aromatic carbocycles. The van der Waals surface area contributed by atoms with Gasteiger partial charge in [-0.1, -0.05) is 42.5 Å². The molecular formula is C21H20FNO4. The van der Waals surface area contributed by atoms with Crippen molar-refractivity contribution in [2.24, 2.45) is 0 Å². The molecule has 0 aliphatic rings. The second kappa shape index (κ2) is 8.05. The monoisotopic (exact) mass is 369 g/mol. The lowest BCUT2D eigenvalue weighted by atomic mass is 10.1. The van der Waals surface area contributed by atoms with Crippen molar-refractivity contribution in [2.45, 2.75) is 20.1 Å². The highest BCUT2D eigenvalue weighted by Crippen LogP contribution is 2.33. The molecule has 0 amide bonds. The van der Waals surface area contributed by atoms with Crippen LogP contribution in [0.3, 0.4) is 0 Å². The number of aromatic nitrogens is 1. The van der Waals surface area contributed by atoms with Crippen LogP contribution in [0.2, 0.25) is 0 Å². The van der Waals surface area contributed by atoms with Gasteiger partial charge in [0.1, 0.15) is 12.4 Å². The van der Waals surface area contributed by atoms with Crippen molar-refractivity contribution in [2.75, 3.05) is 6.61 Å². The first-order valence-corrected chi connectivity index (χ1v) is 8.52. The van der Waals surface area contributed by atoms with Crippen LogP contribution in [-0.4, -0.2) is 21.4 Å². The zero-order chi connectivity index (χ0) is 19.4. The average molecular weight is 369 g/mol. The molecule has 0 unspecified atom stereocenters. The summed E-state index contributed by atoms with van der Waals surface area (Å²) in [4.78, 5) is 12.8. The number of benzene rings is 2. The Morgan fingerprint density at radius 3 is 2.52 bits per heavy atom. The molecule has 0 bridgehead atoms. The van der Waals surface area contributed by atoms with Crippen molar-refractivity contribution in [1.82, 2.24) is 4.57 Å². The van der Waals surface area contributed by atoms with Gasteiger partial charge in [-0.15, -0.1) is 0 Å². The number of hydrogen-bond donors (Lipinski definition) is 2. The molecule has 140 valence electrons. The number of aromatic hydroxyl groups is 1. The van der Waals surface area contributed by atoms with E-state index in [0.717, 1.165) is 5.56 Å². The van der Waals surface area contributed by atoms with E-state index in [1.807, 2.05) is 30.3 Å². The van der Waals surface area contributed by atoms with Crippen molar-refractivity contribution in [3.8, 4) is 22.9 Å². The van der Waals surface area contributed by atoms with E-state index < -0.39 is 11.2 Å². The average Bonchev–Trinajstić information content (AvgIpc) is 2.68. The molecular weight excluding hydrogens is 349 g/mol. The summed E-state index contributed by atoms with van der Waals surface area (Å²) in [5, 5.41) is 19.8. The van der Waals surface area contributed by atoms with Crippen LogP contribution in [-0.2, 0) is 13.2 Å². The Morgan fingerprint density at radius 1 is 1.11 bits per heavy atom. The Labute approximate surface area is 155 Å². The third-order valence-electron chi connectivity index (χ3n) is 4.27. The number of halogens is 1. The second-order valence-corrected chi connectivity index (χ2v) is 6.12. The van der Waals surface area contributed by atoms with Gasteiger partial charge in [-0.25, -0.2) is 4.39 Å². The maximum atomic E-state index is 13.8. The van der Waals surface area contributed by atoms with Gasteiger partial charge in [-0.3, -0.25) is 4.79 Å². The molecule has 0 atom stereocenters. The molecule has 27 heavy (non-hydrogen) atoms. The molecule has 3 aromatic rings. The molecule has 0 aliphatic carbocycles. The summed E-state index contributed by atoms with van der Waals surface area (Å²) in [6, 6.07) is 15.0. The summed E-state index contributed by atoms with van der Waals surface area (Å²) in [6.45, 7) is 1.38. The lowest BCUT2D eigenvalue weighted by Gasteiger charge is -2.20. The van der Waals surface area contributed by atoms with Gasteiger partial charge < -0.3 is 19.5 Å². The minimum Gasteiger partial charge on any atom is -0.494 e. The molecule has 1 aromatic heterocycles. The summed E-state index contributed by atoms with van der Waals surface area (Å²) in [5.41, 5.74) is 1.09. The van der Waals surface area contributed by atoms with E-state index in [9.17, 15) is 19.4 Å². The number of hydrogen-bond acceptors (Lipinski definition) is 4. The number of aliphatic hydroxyl groups is 1. The highest BCUT2D eigenvalue weighted by Gasteiger charge is 2.22. The van der Waals surface area contributed by atoms with Gasteiger partial charge >= 0.3 is 0 Å². The van der Waals surface area contributed by atoms with Crippen molar-refractivity contribution in [3.05, 3.63) is 81.8 Å². The first-order chi connectivity index (χ1) is 13.0. The van der Waals surface area contributed by atoms with Gasteiger partial charge in [0, 0.05) is 12.1 Å². The molecule has 0 saturated carbocycles. The van der Waals surface area contributed by atoms with Gasteiger partial charge in [0.15, 0.2) is 11.6 Å². The van der Waals surface area contributed by atoms with E-state index in [2.05, 4.69) is 0 Å². The maximum Gasteiger partial charge on any atom is 0.230 e. The molecule has 2 N–H and O–H groups in total. The van der Waals surface area contributed by atoms with E-state index >= 15 is 0 Å². The summed E-state index contributed by atoms with van der Waals surface area (Å²) in [7, 11) is 0. The third kappa shape index (κ3) is 3.85. The lowest BCUT2D eigenvalue weighted by Crippen LogP contribution is -2.19. The van der Waals surface area contributed by atoms with Crippen LogP contribution in [0, 0.1) is 12.7 Å². The van der Waals surface area contributed by atoms with Crippen LogP contribution >= 0.6 is 0 Å². The van der Waals surface area contributed by atoms with Gasteiger partial charge in [-0.05, 0) is 24.6 Å². The van der Waals surface area contributed by atoms with Gasteiger partial charge in [0.05, 0.1) is 17.9 Å². The zero-order valence-electron chi connectivity index (χ0n) is 14.9. The first-order valence-electron chi connectivity index (χ1n) is 8.52. The van der Waals surface area contributed by atoms with Gasteiger partial charge in [-0.2, -0.15) is 0 Å². The Hall–Kier alpha value is -3.12. The van der Waals surface area contributed by atoms with Crippen molar-refractivity contribution in [3.63, 3.8) is 0 Å². The van der Waals surface area contributed by atoms with Crippen LogP contribution in [0.1, 0.15) is 11.1 Å². The van der Waals surface area contributed by atoms with Crippen LogP contribution in [0.4, 0.5) is 4.39 Å². The highest BCUT2D eigenvalue weighted by atomic mass is 19.1. The van der Waals surface area contributed by atoms with E-state index in [4.69, 9.17) is 4.74 Å². The summed E-state index contributed by atoms with van der Waals surface area (Å²) in [5.74, 6) is -0.752. The van der Waals surface area contributed by atoms with Crippen LogP contribution in [0.15, 0.2) is 59.4 Å². The van der Waals surface area contributed by atoms with Gasteiger partial charge in [0.25, 0.3) is 0 Å². The Kier molecular flexibility index (Phi) is 5.57. The van der Waals surface area contributed by atoms with E-state index in [1.165, 1.54) is 29.7 Å². The number of pyridine rings is 1. The smallest absolute Gasteiger partial charge is 0.230 e. The molecule has 0 aliphatic heterocycles. The molecule has 0 fully saturated rings. The first kappa shape index (κ1) is 18.7. The van der Waals surface area contributed by atoms with Crippen LogP contribution in [0.25, 0.3) is 11.3 Å². The standard InChI is InChI=1S/C21H20FNO4/c1-14-19(25)20(27-13-15-6-3-2-4-7-15)18(23(10-11-24)21(14)26)16-8-5-9-17(22)12-16/h2-9,12,24,26H,10-11,13H2,1H3. The van der Waals surface area contributed by atoms with E-state index in [1.54, 1.807) is 6.07 Å². The molecule has 0 radical (unpaired) electrons. The van der Waals surface area contributed by atoms with Crippen LogP contribution < -0.4 is 10.2 Å². The van der Waals surface area contributed by atoms with Crippen molar-refractivity contribution in [1.29, 1.82) is 0 Å². The Balaban J connectivity index is 2.19. The second-order valence-electron chi connectivity index (χ2n) is 6.12. The Morgan fingerprint density at radius 2 is 1.85 bits per heavy atom. The normalized spacial score (nSPS) is 10.8.